The summed E-state index contributed by atoms with van der Waals surface area (Å²) in [4.78, 5) is 12.3. The number of hydrogen-bond donors (Lipinski definition) is 2. The minimum atomic E-state index is -4.11. The van der Waals surface area contributed by atoms with Crippen LogP contribution in [0.25, 0.3) is 22.0 Å². The number of primary sulfonamides is 1. The standard InChI is InChI=1S/C21H15Cl2F2N3O3S/c1-10-6-17(32(26,30)31)20(23)18(19(10)22)12-3-5-16-13(8-12)21(29)27-28(16)9-11-2-4-14(24)15(25)7-11/h2-8H,9H2,1H3,(H,27,29)(H2,26,30,31). The fourth-order valence-electron chi connectivity index (χ4n) is 3.50. The zero-order valence-corrected chi connectivity index (χ0v) is 18.7. The van der Waals surface area contributed by atoms with Gasteiger partial charge in [0.15, 0.2) is 11.6 Å². The van der Waals surface area contributed by atoms with Crippen molar-refractivity contribution in [2.45, 2.75) is 18.4 Å². The summed E-state index contributed by atoms with van der Waals surface area (Å²) in [7, 11) is -4.11. The molecule has 0 saturated heterocycles. The maximum Gasteiger partial charge on any atom is 0.272 e. The molecule has 1 aromatic heterocycles. The molecule has 3 N–H and O–H groups in total. The van der Waals surface area contributed by atoms with Crippen molar-refractivity contribution in [1.29, 1.82) is 0 Å². The number of rotatable bonds is 4. The van der Waals surface area contributed by atoms with Crippen molar-refractivity contribution in [1.82, 2.24) is 9.78 Å². The van der Waals surface area contributed by atoms with Crippen molar-refractivity contribution in [3.63, 3.8) is 0 Å². The van der Waals surface area contributed by atoms with Gasteiger partial charge in [0.1, 0.15) is 4.90 Å². The molecule has 6 nitrogen and oxygen atoms in total. The van der Waals surface area contributed by atoms with E-state index in [2.05, 4.69) is 5.10 Å². The summed E-state index contributed by atoms with van der Waals surface area (Å²) >= 11 is 12.7. The molecule has 166 valence electrons. The summed E-state index contributed by atoms with van der Waals surface area (Å²) in [5.41, 5.74) is 1.60. The Morgan fingerprint density at radius 2 is 1.75 bits per heavy atom. The van der Waals surface area contributed by atoms with Crippen LogP contribution < -0.4 is 10.7 Å². The molecule has 0 aliphatic heterocycles. The number of hydrogen-bond acceptors (Lipinski definition) is 3. The number of fused-ring (bicyclic) bond motifs is 1. The molecular weight excluding hydrogens is 483 g/mol. The van der Waals surface area contributed by atoms with Gasteiger partial charge in [-0.2, -0.15) is 0 Å². The third-order valence-corrected chi connectivity index (χ3v) is 6.96. The molecule has 0 atom stereocenters. The van der Waals surface area contributed by atoms with E-state index in [4.69, 9.17) is 28.3 Å². The van der Waals surface area contributed by atoms with Gasteiger partial charge >= 0.3 is 0 Å². The number of H-pyrrole nitrogens is 1. The monoisotopic (exact) mass is 497 g/mol. The third-order valence-electron chi connectivity index (χ3n) is 5.04. The first kappa shape index (κ1) is 22.5. The van der Waals surface area contributed by atoms with Crippen LogP contribution in [0.15, 0.2) is 52.2 Å². The average molecular weight is 498 g/mol. The molecular formula is C21H15Cl2F2N3O3S. The quantitative estimate of drug-likeness (QED) is 0.431. The molecule has 0 aliphatic carbocycles. The van der Waals surface area contributed by atoms with Crippen molar-refractivity contribution in [3.8, 4) is 11.1 Å². The highest BCUT2D eigenvalue weighted by Gasteiger charge is 2.22. The molecule has 0 saturated carbocycles. The lowest BCUT2D eigenvalue weighted by molar-refractivity contribution is 0.506. The topological polar surface area (TPSA) is 98.0 Å². The Kier molecular flexibility index (Phi) is 5.62. The molecule has 0 fully saturated rings. The van der Waals surface area contributed by atoms with Crippen LogP contribution >= 0.6 is 23.2 Å². The second-order valence-electron chi connectivity index (χ2n) is 7.25. The Labute approximate surface area is 191 Å². The molecule has 32 heavy (non-hydrogen) atoms. The fourth-order valence-corrected chi connectivity index (χ4v) is 5.08. The first-order valence-corrected chi connectivity index (χ1v) is 11.5. The number of nitrogens with zero attached hydrogens (tertiary/aromatic N) is 1. The second-order valence-corrected chi connectivity index (χ2v) is 9.53. The number of sulfonamides is 1. The Balaban J connectivity index is 1.86. The predicted molar refractivity (Wildman–Crippen MR) is 120 cm³/mol. The molecule has 0 unspecified atom stereocenters. The van der Waals surface area contributed by atoms with Gasteiger partial charge < -0.3 is 0 Å². The van der Waals surface area contributed by atoms with Crippen molar-refractivity contribution in [2.75, 3.05) is 0 Å². The average Bonchev–Trinajstić information content (AvgIpc) is 3.02. The van der Waals surface area contributed by atoms with Crippen LogP contribution in [0.2, 0.25) is 10.0 Å². The van der Waals surface area contributed by atoms with Gasteiger partial charge in [-0.3, -0.25) is 14.6 Å². The van der Waals surface area contributed by atoms with Gasteiger partial charge in [-0.15, -0.1) is 0 Å². The number of aryl methyl sites for hydroxylation is 1. The smallest absolute Gasteiger partial charge is 0.272 e. The highest BCUT2D eigenvalue weighted by Crippen LogP contribution is 2.41. The van der Waals surface area contributed by atoms with Crippen LogP contribution in [0.1, 0.15) is 11.1 Å². The molecule has 0 bridgehead atoms. The molecule has 0 spiro atoms. The highest BCUT2D eigenvalue weighted by molar-refractivity contribution is 7.89. The van der Waals surface area contributed by atoms with Crippen LogP contribution in [0, 0.1) is 18.6 Å². The summed E-state index contributed by atoms with van der Waals surface area (Å²) in [5.74, 6) is -1.95. The minimum Gasteiger partial charge on any atom is -0.280 e. The molecule has 4 aromatic rings. The van der Waals surface area contributed by atoms with Crippen LogP contribution in [-0.4, -0.2) is 18.2 Å². The Morgan fingerprint density at radius 1 is 1.03 bits per heavy atom. The number of aromatic amines is 1. The summed E-state index contributed by atoms with van der Waals surface area (Å²) < 4.78 is 52.1. The van der Waals surface area contributed by atoms with E-state index in [1.165, 1.54) is 22.9 Å². The number of aromatic nitrogens is 2. The lowest BCUT2D eigenvalue weighted by atomic mass is 10.0. The summed E-state index contributed by atoms with van der Waals surface area (Å²) in [5, 5.41) is 8.27. The molecule has 0 aliphatic rings. The zero-order chi connectivity index (χ0) is 23.4. The van der Waals surface area contributed by atoms with Gasteiger partial charge in [0.05, 0.1) is 27.5 Å². The van der Waals surface area contributed by atoms with E-state index in [9.17, 15) is 22.0 Å². The van der Waals surface area contributed by atoms with Gasteiger partial charge in [-0.25, -0.2) is 22.3 Å². The van der Waals surface area contributed by atoms with Gasteiger partial charge in [-0.1, -0.05) is 35.3 Å². The molecule has 0 amide bonds. The first-order valence-electron chi connectivity index (χ1n) is 9.15. The van der Waals surface area contributed by atoms with E-state index in [1.807, 2.05) is 0 Å². The predicted octanol–water partition coefficient (Wildman–Crippen LogP) is 4.59. The normalized spacial score (nSPS) is 11.9. The molecule has 4 rings (SSSR count). The maximum atomic E-state index is 13.5. The third kappa shape index (κ3) is 3.93. The van der Waals surface area contributed by atoms with Gasteiger partial charge in [0.25, 0.3) is 5.56 Å². The minimum absolute atomic E-state index is 0.0941. The van der Waals surface area contributed by atoms with Crippen molar-refractivity contribution >= 4 is 44.1 Å². The lowest BCUT2D eigenvalue weighted by Crippen LogP contribution is -2.13. The maximum absolute atomic E-state index is 13.5. The summed E-state index contributed by atoms with van der Waals surface area (Å²) in [6.45, 7) is 1.71. The van der Waals surface area contributed by atoms with Crippen molar-refractivity contribution < 1.29 is 17.2 Å². The van der Waals surface area contributed by atoms with E-state index >= 15 is 0 Å². The Bertz CT molecular complexity index is 1560. The largest absolute Gasteiger partial charge is 0.280 e. The zero-order valence-electron chi connectivity index (χ0n) is 16.4. The number of nitrogens with one attached hydrogen (secondary N) is 1. The van der Waals surface area contributed by atoms with E-state index in [1.54, 1.807) is 19.1 Å². The summed E-state index contributed by atoms with van der Waals surface area (Å²) in [6, 6.07) is 9.53. The molecule has 1 heterocycles. The molecule has 3 aromatic carbocycles. The van der Waals surface area contributed by atoms with E-state index in [0.717, 1.165) is 12.1 Å². The highest BCUT2D eigenvalue weighted by atomic mass is 35.5. The SMILES string of the molecule is Cc1cc(S(N)(=O)=O)c(Cl)c(-c2ccc3c(c2)c(=O)[nH]n3Cc2ccc(F)c(F)c2)c1Cl. The molecule has 0 radical (unpaired) electrons. The van der Waals surface area contributed by atoms with Crippen LogP contribution in [-0.2, 0) is 16.6 Å². The molecule has 11 heteroatoms. The van der Waals surface area contributed by atoms with Gasteiger partial charge in [-0.05, 0) is 53.9 Å². The van der Waals surface area contributed by atoms with Gasteiger partial charge in [0.2, 0.25) is 10.0 Å². The van der Waals surface area contributed by atoms with Crippen LogP contribution in [0.4, 0.5) is 8.78 Å². The number of benzene rings is 3. The van der Waals surface area contributed by atoms with Crippen LogP contribution in [0.5, 0.6) is 0 Å². The van der Waals surface area contributed by atoms with E-state index in [-0.39, 0.29) is 32.4 Å². The van der Waals surface area contributed by atoms with Crippen molar-refractivity contribution in [3.05, 3.63) is 85.6 Å². The Morgan fingerprint density at radius 3 is 2.41 bits per heavy atom. The summed E-state index contributed by atoms with van der Waals surface area (Å²) in [6.07, 6.45) is 0. The first-order chi connectivity index (χ1) is 15.0. The van der Waals surface area contributed by atoms with Gasteiger partial charge in [0, 0.05) is 5.56 Å². The Hall–Kier alpha value is -2.72. The number of nitrogens with two attached hydrogens (primary N) is 1. The fraction of sp³-hybridized carbons (Fsp3) is 0.0952. The van der Waals surface area contributed by atoms with E-state index in [0.29, 0.717) is 22.2 Å². The van der Waals surface area contributed by atoms with Crippen LogP contribution in [0.3, 0.4) is 0 Å². The van der Waals surface area contributed by atoms with E-state index < -0.39 is 27.2 Å². The lowest BCUT2D eigenvalue weighted by Gasteiger charge is -2.14. The number of halogens is 4. The second kappa shape index (κ2) is 8.00. The van der Waals surface area contributed by atoms with Crippen molar-refractivity contribution in [2.24, 2.45) is 5.14 Å².